The summed E-state index contributed by atoms with van der Waals surface area (Å²) in [5.41, 5.74) is 0. The standard InChI is InChI=1S/C10H18O3/c1-6(2)9(11)8-4-7(3)5-13-10(8)12/h6-9,11H,4-5H2,1-3H3/t7-,8+,9+/m1/s1. The van der Waals surface area contributed by atoms with E-state index in [1.54, 1.807) is 0 Å². The normalized spacial score (nSPS) is 31.6. The second-order valence-electron chi connectivity index (χ2n) is 4.31. The second-order valence-corrected chi connectivity index (χ2v) is 4.31. The van der Waals surface area contributed by atoms with Gasteiger partial charge < -0.3 is 9.84 Å². The smallest absolute Gasteiger partial charge is 0.311 e. The van der Waals surface area contributed by atoms with Crippen LogP contribution in [0.2, 0.25) is 0 Å². The lowest BCUT2D eigenvalue weighted by molar-refractivity contribution is -0.162. The third kappa shape index (κ3) is 2.44. The van der Waals surface area contributed by atoms with E-state index in [9.17, 15) is 9.90 Å². The summed E-state index contributed by atoms with van der Waals surface area (Å²) in [6.07, 6.45) is 0.188. The van der Waals surface area contributed by atoms with Crippen LogP contribution < -0.4 is 0 Å². The fraction of sp³-hybridized carbons (Fsp3) is 0.900. The first kappa shape index (κ1) is 10.5. The summed E-state index contributed by atoms with van der Waals surface area (Å²) in [6.45, 7) is 6.36. The van der Waals surface area contributed by atoms with Gasteiger partial charge in [0.15, 0.2) is 0 Å². The Hall–Kier alpha value is -0.570. The fourth-order valence-corrected chi connectivity index (χ4v) is 1.67. The van der Waals surface area contributed by atoms with E-state index in [0.717, 1.165) is 6.42 Å². The minimum atomic E-state index is -0.560. The Morgan fingerprint density at radius 3 is 2.69 bits per heavy atom. The zero-order valence-corrected chi connectivity index (χ0v) is 8.49. The van der Waals surface area contributed by atoms with Crippen LogP contribution in [0.3, 0.4) is 0 Å². The van der Waals surface area contributed by atoms with Crippen LogP contribution in [0.1, 0.15) is 27.2 Å². The Morgan fingerprint density at radius 1 is 1.54 bits per heavy atom. The van der Waals surface area contributed by atoms with Gasteiger partial charge in [0.2, 0.25) is 0 Å². The zero-order chi connectivity index (χ0) is 10.0. The molecule has 0 aliphatic carbocycles. The third-order valence-electron chi connectivity index (χ3n) is 2.56. The van der Waals surface area contributed by atoms with Crippen molar-refractivity contribution in [2.45, 2.75) is 33.3 Å². The maximum absolute atomic E-state index is 11.3. The number of cyclic esters (lactones) is 1. The Bertz CT molecular complexity index is 189. The van der Waals surface area contributed by atoms with Gasteiger partial charge in [-0.05, 0) is 18.3 Å². The van der Waals surface area contributed by atoms with Crippen molar-refractivity contribution in [2.24, 2.45) is 17.8 Å². The van der Waals surface area contributed by atoms with Gasteiger partial charge in [-0.15, -0.1) is 0 Å². The molecule has 0 aromatic carbocycles. The van der Waals surface area contributed by atoms with Crippen LogP contribution in [0.25, 0.3) is 0 Å². The molecule has 0 unspecified atom stereocenters. The molecule has 3 nitrogen and oxygen atoms in total. The molecule has 3 heteroatoms. The number of rotatable bonds is 2. The van der Waals surface area contributed by atoms with Crippen molar-refractivity contribution in [3.05, 3.63) is 0 Å². The van der Waals surface area contributed by atoms with Crippen molar-refractivity contribution in [3.8, 4) is 0 Å². The van der Waals surface area contributed by atoms with Gasteiger partial charge >= 0.3 is 5.97 Å². The fourth-order valence-electron chi connectivity index (χ4n) is 1.67. The molecule has 76 valence electrons. The van der Waals surface area contributed by atoms with E-state index in [1.165, 1.54) is 0 Å². The maximum Gasteiger partial charge on any atom is 0.311 e. The topological polar surface area (TPSA) is 46.5 Å². The summed E-state index contributed by atoms with van der Waals surface area (Å²) in [5, 5.41) is 9.74. The van der Waals surface area contributed by atoms with Crippen molar-refractivity contribution < 1.29 is 14.6 Å². The molecular weight excluding hydrogens is 168 g/mol. The number of carbonyl (C=O) groups is 1. The highest BCUT2D eigenvalue weighted by atomic mass is 16.5. The molecule has 1 rings (SSSR count). The Balaban J connectivity index is 2.60. The number of ether oxygens (including phenoxy) is 1. The summed E-state index contributed by atoms with van der Waals surface area (Å²) in [6, 6.07) is 0. The molecule has 1 heterocycles. The SMILES string of the molecule is CC(C)[C@H](O)[C@@H]1C[C@@H](C)COC1=O. The van der Waals surface area contributed by atoms with Gasteiger partial charge in [-0.25, -0.2) is 0 Å². The summed E-state index contributed by atoms with van der Waals surface area (Å²) in [4.78, 5) is 11.3. The molecule has 13 heavy (non-hydrogen) atoms. The third-order valence-corrected chi connectivity index (χ3v) is 2.56. The molecule has 0 spiro atoms. The first-order valence-electron chi connectivity index (χ1n) is 4.87. The van der Waals surface area contributed by atoms with Crippen LogP contribution in [0.5, 0.6) is 0 Å². The van der Waals surface area contributed by atoms with Gasteiger partial charge in [-0.2, -0.15) is 0 Å². The Kier molecular flexibility index (Phi) is 3.31. The van der Waals surface area contributed by atoms with Gasteiger partial charge in [-0.3, -0.25) is 4.79 Å². The van der Waals surface area contributed by atoms with E-state index in [1.807, 2.05) is 20.8 Å². The minimum Gasteiger partial charge on any atom is -0.465 e. The molecule has 1 aliphatic heterocycles. The molecule has 0 amide bonds. The van der Waals surface area contributed by atoms with E-state index < -0.39 is 6.10 Å². The number of aliphatic hydroxyl groups is 1. The number of hydrogen-bond acceptors (Lipinski definition) is 3. The van der Waals surface area contributed by atoms with Crippen molar-refractivity contribution in [2.75, 3.05) is 6.61 Å². The molecule has 1 aliphatic rings. The molecule has 0 aromatic heterocycles. The monoisotopic (exact) mass is 186 g/mol. The van der Waals surface area contributed by atoms with Gasteiger partial charge in [0, 0.05) is 0 Å². The van der Waals surface area contributed by atoms with Crippen molar-refractivity contribution in [1.82, 2.24) is 0 Å². The molecule has 0 saturated carbocycles. The van der Waals surface area contributed by atoms with Crippen molar-refractivity contribution in [1.29, 1.82) is 0 Å². The highest BCUT2D eigenvalue weighted by Gasteiger charge is 2.35. The van der Waals surface area contributed by atoms with E-state index in [2.05, 4.69) is 0 Å². The van der Waals surface area contributed by atoms with Gasteiger partial charge in [-0.1, -0.05) is 20.8 Å². The Morgan fingerprint density at radius 2 is 2.15 bits per heavy atom. The predicted octanol–water partition coefficient (Wildman–Crippen LogP) is 1.20. The van der Waals surface area contributed by atoms with Crippen LogP contribution in [-0.4, -0.2) is 23.8 Å². The molecule has 0 radical (unpaired) electrons. The summed E-state index contributed by atoms with van der Waals surface area (Å²) >= 11 is 0. The lowest BCUT2D eigenvalue weighted by atomic mass is 9.85. The molecular formula is C10H18O3. The lowest BCUT2D eigenvalue weighted by Crippen LogP contribution is -2.39. The molecule has 1 fully saturated rings. The zero-order valence-electron chi connectivity index (χ0n) is 8.49. The van der Waals surface area contributed by atoms with E-state index in [-0.39, 0.29) is 17.8 Å². The van der Waals surface area contributed by atoms with Crippen molar-refractivity contribution in [3.63, 3.8) is 0 Å². The quantitative estimate of drug-likeness (QED) is 0.659. The number of esters is 1. The number of hydrogen-bond donors (Lipinski definition) is 1. The minimum absolute atomic E-state index is 0.114. The van der Waals surface area contributed by atoms with Crippen molar-refractivity contribution >= 4 is 5.97 Å². The second kappa shape index (κ2) is 4.09. The predicted molar refractivity (Wildman–Crippen MR) is 49.1 cm³/mol. The summed E-state index contributed by atoms with van der Waals surface area (Å²) < 4.78 is 4.98. The molecule has 1 saturated heterocycles. The number of carbonyl (C=O) groups excluding carboxylic acids is 1. The van der Waals surface area contributed by atoms with E-state index in [0.29, 0.717) is 12.5 Å². The average molecular weight is 186 g/mol. The highest BCUT2D eigenvalue weighted by molar-refractivity contribution is 5.73. The molecule has 3 atom stereocenters. The van der Waals surface area contributed by atoms with Crippen LogP contribution in [0.15, 0.2) is 0 Å². The first-order valence-corrected chi connectivity index (χ1v) is 4.87. The molecule has 0 bridgehead atoms. The van der Waals surface area contributed by atoms with E-state index in [4.69, 9.17) is 4.74 Å². The van der Waals surface area contributed by atoms with Crippen LogP contribution in [0.4, 0.5) is 0 Å². The Labute approximate surface area is 79.1 Å². The average Bonchev–Trinajstić information content (AvgIpc) is 2.08. The van der Waals surface area contributed by atoms with Crippen LogP contribution in [0, 0.1) is 17.8 Å². The van der Waals surface area contributed by atoms with Crippen LogP contribution in [-0.2, 0) is 9.53 Å². The molecule has 0 aromatic rings. The first-order chi connectivity index (χ1) is 6.02. The lowest BCUT2D eigenvalue weighted by Gasteiger charge is -2.30. The van der Waals surface area contributed by atoms with Crippen LogP contribution >= 0.6 is 0 Å². The largest absolute Gasteiger partial charge is 0.465 e. The maximum atomic E-state index is 11.3. The van der Waals surface area contributed by atoms with Gasteiger partial charge in [0.05, 0.1) is 18.6 Å². The molecule has 1 N–H and O–H groups in total. The van der Waals surface area contributed by atoms with Gasteiger partial charge in [0.25, 0.3) is 0 Å². The summed E-state index contributed by atoms with van der Waals surface area (Å²) in [7, 11) is 0. The number of aliphatic hydroxyl groups excluding tert-OH is 1. The van der Waals surface area contributed by atoms with Gasteiger partial charge in [0.1, 0.15) is 0 Å². The summed E-state index contributed by atoms with van der Waals surface area (Å²) in [5.74, 6) is -0.0676. The highest BCUT2D eigenvalue weighted by Crippen LogP contribution is 2.26. The van der Waals surface area contributed by atoms with E-state index >= 15 is 0 Å².